The fourth-order valence-electron chi connectivity index (χ4n) is 3.40. The van der Waals surface area contributed by atoms with Crippen LogP contribution in [0.15, 0.2) is 54.6 Å². The lowest BCUT2D eigenvalue weighted by atomic mass is 10.0. The van der Waals surface area contributed by atoms with Gasteiger partial charge in [-0.2, -0.15) is 18.3 Å². The first-order valence-electron chi connectivity index (χ1n) is 9.37. The number of hydrogen-bond donors (Lipinski definition) is 1. The van der Waals surface area contributed by atoms with Crippen LogP contribution in [0.3, 0.4) is 0 Å². The monoisotopic (exact) mass is 402 g/mol. The molecule has 29 heavy (non-hydrogen) atoms. The summed E-state index contributed by atoms with van der Waals surface area (Å²) in [5.41, 5.74) is 0.593. The molecule has 0 atom stereocenters. The summed E-state index contributed by atoms with van der Waals surface area (Å²) in [4.78, 5) is 12.0. The third-order valence-electron chi connectivity index (χ3n) is 4.69. The van der Waals surface area contributed by atoms with Crippen LogP contribution < -0.4 is 0 Å². The van der Waals surface area contributed by atoms with E-state index in [1.54, 1.807) is 0 Å². The van der Waals surface area contributed by atoms with E-state index in [0.29, 0.717) is 37.1 Å². The lowest BCUT2D eigenvalue weighted by molar-refractivity contribution is -0.137. The van der Waals surface area contributed by atoms with Crippen molar-refractivity contribution in [2.75, 3.05) is 0 Å². The highest BCUT2D eigenvalue weighted by Crippen LogP contribution is 2.35. The van der Waals surface area contributed by atoms with Crippen molar-refractivity contribution >= 4 is 5.97 Å². The molecule has 0 unspecified atom stereocenters. The zero-order valence-electron chi connectivity index (χ0n) is 15.9. The molecule has 1 aromatic heterocycles. The highest BCUT2D eigenvalue weighted by Gasteiger charge is 2.35. The maximum atomic E-state index is 13.5. The smallest absolute Gasteiger partial charge is 0.418 e. The van der Waals surface area contributed by atoms with Gasteiger partial charge in [-0.25, -0.2) is 9.48 Å². The Morgan fingerprint density at radius 2 is 1.66 bits per heavy atom. The van der Waals surface area contributed by atoms with Crippen molar-refractivity contribution in [2.45, 2.75) is 38.8 Å². The van der Waals surface area contributed by atoms with Crippen LogP contribution in [0.2, 0.25) is 0 Å². The number of benzene rings is 2. The van der Waals surface area contributed by atoms with E-state index in [0.717, 1.165) is 16.3 Å². The molecule has 1 N–H and O–H groups in total. The van der Waals surface area contributed by atoms with Crippen molar-refractivity contribution < 1.29 is 23.1 Å². The minimum atomic E-state index is -4.57. The molecule has 0 radical (unpaired) electrons. The molecule has 0 aliphatic heterocycles. The van der Waals surface area contributed by atoms with Crippen LogP contribution >= 0.6 is 0 Å². The highest BCUT2D eigenvalue weighted by atomic mass is 19.4. The Kier molecular flexibility index (Phi) is 6.06. The number of carboxylic acids is 1. The Bertz CT molecular complexity index is 995. The van der Waals surface area contributed by atoms with E-state index >= 15 is 0 Å². The van der Waals surface area contributed by atoms with Gasteiger partial charge < -0.3 is 5.11 Å². The number of halogens is 3. The second-order valence-electron chi connectivity index (χ2n) is 6.74. The van der Waals surface area contributed by atoms with Crippen molar-refractivity contribution in [3.05, 3.63) is 82.7 Å². The predicted molar refractivity (Wildman–Crippen MR) is 103 cm³/mol. The molecule has 0 saturated carbocycles. The second-order valence-corrected chi connectivity index (χ2v) is 6.74. The van der Waals surface area contributed by atoms with Gasteiger partial charge >= 0.3 is 12.1 Å². The second kappa shape index (κ2) is 8.51. The molecule has 3 rings (SSSR count). The zero-order chi connectivity index (χ0) is 21.0. The number of rotatable bonds is 7. The van der Waals surface area contributed by atoms with Crippen LogP contribution in [0, 0.1) is 0 Å². The zero-order valence-corrected chi connectivity index (χ0v) is 15.9. The van der Waals surface area contributed by atoms with E-state index in [-0.39, 0.29) is 11.3 Å². The van der Waals surface area contributed by atoms with E-state index in [4.69, 9.17) is 0 Å². The van der Waals surface area contributed by atoms with Crippen LogP contribution in [0.4, 0.5) is 13.2 Å². The Morgan fingerprint density at radius 3 is 2.28 bits per heavy atom. The molecule has 0 fully saturated rings. The molecular formula is C22H21F3N2O2. The average Bonchev–Trinajstić information content (AvgIpc) is 3.05. The fourth-order valence-corrected chi connectivity index (χ4v) is 3.40. The first-order valence-corrected chi connectivity index (χ1v) is 9.37. The Balaban J connectivity index is 2.12. The lowest BCUT2D eigenvalue weighted by Gasteiger charge is -2.14. The van der Waals surface area contributed by atoms with Gasteiger partial charge in [-0.15, -0.1) is 0 Å². The molecule has 1 heterocycles. The van der Waals surface area contributed by atoms with Crippen molar-refractivity contribution in [1.29, 1.82) is 0 Å². The Hall–Kier alpha value is -3.09. The van der Waals surface area contributed by atoms with Crippen LogP contribution in [0.25, 0.3) is 5.69 Å². The van der Waals surface area contributed by atoms with Crippen LogP contribution in [-0.2, 0) is 25.4 Å². The van der Waals surface area contributed by atoms with Gasteiger partial charge in [-0.05, 0) is 37.0 Å². The minimum absolute atomic E-state index is 0.000223. The molecule has 0 spiro atoms. The first-order chi connectivity index (χ1) is 13.8. The van der Waals surface area contributed by atoms with Gasteiger partial charge in [0.2, 0.25) is 0 Å². The first kappa shape index (κ1) is 20.6. The van der Waals surface area contributed by atoms with E-state index < -0.39 is 17.7 Å². The SMILES string of the molecule is CCCc1c(C(=O)O)c(CCc2ccccc2)nn1-c1ccccc1C(F)(F)F. The molecule has 0 saturated heterocycles. The van der Waals surface area contributed by atoms with Gasteiger partial charge in [0.25, 0.3) is 0 Å². The van der Waals surface area contributed by atoms with Gasteiger partial charge in [0.15, 0.2) is 0 Å². The normalized spacial score (nSPS) is 11.6. The van der Waals surface area contributed by atoms with Gasteiger partial charge in [0.05, 0.1) is 22.6 Å². The molecule has 0 aliphatic rings. The summed E-state index contributed by atoms with van der Waals surface area (Å²) < 4.78 is 41.8. The number of aromatic carboxylic acids is 1. The summed E-state index contributed by atoms with van der Waals surface area (Å²) in [6.07, 6.45) is -2.81. The van der Waals surface area contributed by atoms with Crippen molar-refractivity contribution in [3.8, 4) is 5.69 Å². The Morgan fingerprint density at radius 1 is 1.00 bits per heavy atom. The predicted octanol–water partition coefficient (Wildman–Crippen LogP) is 5.33. The number of aromatic nitrogens is 2. The van der Waals surface area contributed by atoms with Crippen LogP contribution in [0.5, 0.6) is 0 Å². The number of carboxylic acid groups (broad SMARTS) is 1. The molecule has 3 aromatic rings. The largest absolute Gasteiger partial charge is 0.478 e. The van der Waals surface area contributed by atoms with E-state index in [1.165, 1.54) is 18.2 Å². The summed E-state index contributed by atoms with van der Waals surface area (Å²) in [6.45, 7) is 1.85. The topological polar surface area (TPSA) is 55.1 Å². The molecule has 0 bridgehead atoms. The maximum Gasteiger partial charge on any atom is 0.418 e. The Labute approximate surface area is 166 Å². The molecular weight excluding hydrogens is 381 g/mol. The molecule has 152 valence electrons. The van der Waals surface area contributed by atoms with Crippen LogP contribution in [-0.4, -0.2) is 20.9 Å². The van der Waals surface area contributed by atoms with Gasteiger partial charge in [-0.1, -0.05) is 55.8 Å². The third-order valence-corrected chi connectivity index (χ3v) is 4.69. The van der Waals surface area contributed by atoms with Gasteiger partial charge in [-0.3, -0.25) is 0 Å². The standard InChI is InChI=1S/C22H21F3N2O2/c1-2-8-19-20(21(28)29)17(14-13-15-9-4-3-5-10-15)26-27(19)18-12-7-6-11-16(18)22(23,24)25/h3-7,9-12H,2,8,13-14H2,1H3,(H,28,29). The maximum absolute atomic E-state index is 13.5. The molecule has 4 nitrogen and oxygen atoms in total. The van der Waals surface area contributed by atoms with Gasteiger partial charge in [0.1, 0.15) is 5.56 Å². The molecule has 0 aliphatic carbocycles. The summed E-state index contributed by atoms with van der Waals surface area (Å²) >= 11 is 0. The lowest BCUT2D eigenvalue weighted by Crippen LogP contribution is -2.14. The molecule has 7 heteroatoms. The van der Waals surface area contributed by atoms with Crippen molar-refractivity contribution in [1.82, 2.24) is 9.78 Å². The van der Waals surface area contributed by atoms with E-state index in [2.05, 4.69) is 5.10 Å². The summed E-state index contributed by atoms with van der Waals surface area (Å²) in [5, 5.41) is 14.1. The number of nitrogens with zero attached hydrogens (tertiary/aromatic N) is 2. The number of carbonyl (C=O) groups is 1. The van der Waals surface area contributed by atoms with E-state index in [9.17, 15) is 23.1 Å². The minimum Gasteiger partial charge on any atom is -0.478 e. The van der Waals surface area contributed by atoms with Crippen molar-refractivity contribution in [3.63, 3.8) is 0 Å². The molecule has 0 amide bonds. The third kappa shape index (κ3) is 4.50. The number of hydrogen-bond acceptors (Lipinski definition) is 2. The number of para-hydroxylation sites is 1. The van der Waals surface area contributed by atoms with E-state index in [1.807, 2.05) is 37.3 Å². The average molecular weight is 402 g/mol. The number of aryl methyl sites for hydroxylation is 2. The number of alkyl halides is 3. The van der Waals surface area contributed by atoms with Crippen molar-refractivity contribution in [2.24, 2.45) is 0 Å². The van der Waals surface area contributed by atoms with Crippen LogP contribution in [0.1, 0.15) is 46.2 Å². The fraction of sp³-hybridized carbons (Fsp3) is 0.273. The summed E-state index contributed by atoms with van der Waals surface area (Å²) in [7, 11) is 0. The summed E-state index contributed by atoms with van der Waals surface area (Å²) in [5.74, 6) is -1.17. The highest BCUT2D eigenvalue weighted by molar-refractivity contribution is 5.90. The van der Waals surface area contributed by atoms with Gasteiger partial charge in [0, 0.05) is 0 Å². The quantitative estimate of drug-likeness (QED) is 0.581. The molecule has 2 aromatic carbocycles. The summed E-state index contributed by atoms with van der Waals surface area (Å²) in [6, 6.07) is 14.6.